The molecule has 5 nitrogen and oxygen atoms in total. The number of nitrogens with one attached hydrogen (secondary N) is 3. The van der Waals surface area contributed by atoms with E-state index in [4.69, 9.17) is 0 Å². The van der Waals surface area contributed by atoms with Crippen LogP contribution in [0.1, 0.15) is 18.3 Å². The molecule has 0 saturated carbocycles. The van der Waals surface area contributed by atoms with E-state index in [2.05, 4.69) is 26.9 Å². The highest BCUT2D eigenvalue weighted by Crippen LogP contribution is 2.20. The Kier molecular flexibility index (Phi) is 5.38. The average molecular weight is 340 g/mol. The first-order chi connectivity index (χ1) is 11.8. The normalized spacial score (nSPS) is 12.0. The van der Waals surface area contributed by atoms with Crippen LogP contribution in [0, 0.1) is 0 Å². The van der Waals surface area contributed by atoms with E-state index in [0.717, 1.165) is 34.7 Å². The summed E-state index contributed by atoms with van der Waals surface area (Å²) in [6.45, 7) is 0. The molecule has 1 aromatic heterocycles. The van der Waals surface area contributed by atoms with Gasteiger partial charge in [0.25, 0.3) is 0 Å². The number of thioether (sulfide) groups is 1. The molecule has 0 spiro atoms. The number of hydrogen-bond acceptors (Lipinski definition) is 3. The van der Waals surface area contributed by atoms with Crippen LogP contribution in [0.3, 0.4) is 0 Å². The first kappa shape index (κ1) is 16.4. The van der Waals surface area contributed by atoms with Gasteiger partial charge in [0.1, 0.15) is 5.82 Å². The number of carbonyl (C=O) groups is 1. The van der Waals surface area contributed by atoms with Crippen molar-refractivity contribution in [3.8, 4) is 0 Å². The Morgan fingerprint density at radius 3 is 2.67 bits per heavy atom. The number of imidazole rings is 1. The fourth-order valence-corrected chi connectivity index (χ4v) is 2.97. The van der Waals surface area contributed by atoms with Crippen LogP contribution in [0.25, 0.3) is 11.0 Å². The second-order valence-electron chi connectivity index (χ2n) is 5.44. The molecule has 1 heterocycles. The zero-order valence-electron chi connectivity index (χ0n) is 13.5. The van der Waals surface area contributed by atoms with Gasteiger partial charge in [-0.2, -0.15) is 11.8 Å². The number of amides is 2. The summed E-state index contributed by atoms with van der Waals surface area (Å²) >= 11 is 1.75. The fourth-order valence-electron chi connectivity index (χ4n) is 2.50. The van der Waals surface area contributed by atoms with Crippen molar-refractivity contribution >= 4 is 34.5 Å². The molecule has 24 heavy (non-hydrogen) atoms. The van der Waals surface area contributed by atoms with Crippen LogP contribution in [0.2, 0.25) is 0 Å². The molecule has 0 aliphatic carbocycles. The molecule has 0 bridgehead atoms. The number of nitrogens with zero attached hydrogens (tertiary/aromatic N) is 1. The van der Waals surface area contributed by atoms with Crippen molar-refractivity contribution in [2.75, 3.05) is 17.3 Å². The molecule has 3 rings (SSSR count). The molecule has 0 fully saturated rings. The quantitative estimate of drug-likeness (QED) is 0.630. The lowest BCUT2D eigenvalue weighted by Gasteiger charge is -2.17. The molecule has 1 unspecified atom stereocenters. The number of H-pyrrole nitrogens is 1. The van der Waals surface area contributed by atoms with Gasteiger partial charge in [-0.05, 0) is 42.7 Å². The van der Waals surface area contributed by atoms with Gasteiger partial charge >= 0.3 is 6.03 Å². The third-order valence-electron chi connectivity index (χ3n) is 3.69. The zero-order chi connectivity index (χ0) is 16.8. The lowest BCUT2D eigenvalue weighted by Crippen LogP contribution is -2.33. The summed E-state index contributed by atoms with van der Waals surface area (Å²) in [7, 11) is 0. The highest BCUT2D eigenvalue weighted by molar-refractivity contribution is 7.98. The van der Waals surface area contributed by atoms with Gasteiger partial charge in [-0.25, -0.2) is 9.78 Å². The van der Waals surface area contributed by atoms with E-state index in [1.165, 1.54) is 0 Å². The highest BCUT2D eigenvalue weighted by atomic mass is 32.2. The number of urea groups is 1. The molecule has 0 aliphatic heterocycles. The van der Waals surface area contributed by atoms with Crippen molar-refractivity contribution in [1.29, 1.82) is 0 Å². The molecule has 0 radical (unpaired) electrons. The molecule has 0 aliphatic rings. The molecule has 2 amide bonds. The third kappa shape index (κ3) is 4.08. The Hall–Kier alpha value is -2.47. The van der Waals surface area contributed by atoms with Crippen LogP contribution in [0.4, 0.5) is 10.5 Å². The van der Waals surface area contributed by atoms with Gasteiger partial charge in [-0.15, -0.1) is 0 Å². The monoisotopic (exact) mass is 340 g/mol. The Balaban J connectivity index is 1.74. The SMILES string of the molecule is CSCCC(NC(=O)Nc1ccccc1)c1nc2ccccc2[nH]1. The molecule has 1 atom stereocenters. The number of para-hydroxylation sites is 3. The Bertz CT molecular complexity index is 770. The number of hydrogen-bond donors (Lipinski definition) is 3. The van der Waals surface area contributed by atoms with Crippen LogP contribution in [0.5, 0.6) is 0 Å². The molecule has 3 aromatic rings. The van der Waals surface area contributed by atoms with E-state index in [1.807, 2.05) is 54.6 Å². The predicted molar refractivity (Wildman–Crippen MR) is 100 cm³/mol. The van der Waals surface area contributed by atoms with E-state index < -0.39 is 0 Å². The molecular weight excluding hydrogens is 320 g/mol. The van der Waals surface area contributed by atoms with Crippen LogP contribution in [0.15, 0.2) is 54.6 Å². The van der Waals surface area contributed by atoms with E-state index in [-0.39, 0.29) is 12.1 Å². The van der Waals surface area contributed by atoms with Crippen molar-refractivity contribution < 1.29 is 4.79 Å². The lowest BCUT2D eigenvalue weighted by molar-refractivity contribution is 0.248. The van der Waals surface area contributed by atoms with Crippen molar-refractivity contribution in [3.05, 3.63) is 60.4 Å². The number of aromatic amines is 1. The molecule has 124 valence electrons. The summed E-state index contributed by atoms with van der Waals surface area (Å²) in [6.07, 6.45) is 2.86. The second-order valence-corrected chi connectivity index (χ2v) is 6.42. The molecule has 3 N–H and O–H groups in total. The minimum atomic E-state index is -0.229. The van der Waals surface area contributed by atoms with Crippen LogP contribution in [-0.4, -0.2) is 28.0 Å². The third-order valence-corrected chi connectivity index (χ3v) is 4.33. The first-order valence-electron chi connectivity index (χ1n) is 7.82. The van der Waals surface area contributed by atoms with Gasteiger partial charge in [0.15, 0.2) is 0 Å². The van der Waals surface area contributed by atoms with Gasteiger partial charge in [-0.1, -0.05) is 30.3 Å². The van der Waals surface area contributed by atoms with E-state index in [0.29, 0.717) is 0 Å². The van der Waals surface area contributed by atoms with Gasteiger partial charge in [0, 0.05) is 5.69 Å². The maximum Gasteiger partial charge on any atom is 0.319 e. The van der Waals surface area contributed by atoms with E-state index in [1.54, 1.807) is 11.8 Å². The molecule has 0 saturated heterocycles. The topological polar surface area (TPSA) is 69.8 Å². The van der Waals surface area contributed by atoms with Gasteiger partial charge < -0.3 is 15.6 Å². The average Bonchev–Trinajstić information content (AvgIpc) is 3.03. The van der Waals surface area contributed by atoms with Crippen molar-refractivity contribution in [2.24, 2.45) is 0 Å². The fraction of sp³-hybridized carbons (Fsp3) is 0.222. The van der Waals surface area contributed by atoms with Crippen LogP contribution in [-0.2, 0) is 0 Å². The van der Waals surface area contributed by atoms with Gasteiger partial charge in [0.05, 0.1) is 17.1 Å². The summed E-state index contributed by atoms with van der Waals surface area (Å²) in [5.74, 6) is 1.72. The van der Waals surface area contributed by atoms with Crippen molar-refractivity contribution in [1.82, 2.24) is 15.3 Å². The summed E-state index contributed by atoms with van der Waals surface area (Å²) < 4.78 is 0. The maximum atomic E-state index is 12.3. The standard InChI is InChI=1S/C18H20N4OS/c1-24-12-11-16(17-20-14-9-5-6-10-15(14)21-17)22-18(23)19-13-7-3-2-4-8-13/h2-10,16H,11-12H2,1H3,(H,20,21)(H2,19,22,23). The van der Waals surface area contributed by atoms with Crippen molar-refractivity contribution in [2.45, 2.75) is 12.5 Å². The number of fused-ring (bicyclic) bond motifs is 1. The summed E-state index contributed by atoms with van der Waals surface area (Å²) in [6, 6.07) is 16.9. The Morgan fingerprint density at radius 1 is 1.17 bits per heavy atom. The first-order valence-corrected chi connectivity index (χ1v) is 9.22. The maximum absolute atomic E-state index is 12.3. The second kappa shape index (κ2) is 7.88. The van der Waals surface area contributed by atoms with E-state index >= 15 is 0 Å². The largest absolute Gasteiger partial charge is 0.340 e. The summed E-state index contributed by atoms with van der Waals surface area (Å²) in [5.41, 5.74) is 2.65. The van der Waals surface area contributed by atoms with E-state index in [9.17, 15) is 4.79 Å². The smallest absolute Gasteiger partial charge is 0.319 e. The van der Waals surface area contributed by atoms with Gasteiger partial charge in [0.2, 0.25) is 0 Å². The molecular formula is C18H20N4OS. The Labute approximate surface area is 145 Å². The number of rotatable bonds is 6. The minimum absolute atomic E-state index is 0.159. The summed E-state index contributed by atoms with van der Waals surface area (Å²) in [5, 5.41) is 5.87. The molecule has 2 aromatic carbocycles. The zero-order valence-corrected chi connectivity index (χ0v) is 14.3. The Morgan fingerprint density at radius 2 is 1.92 bits per heavy atom. The number of anilines is 1. The summed E-state index contributed by atoms with van der Waals surface area (Å²) in [4.78, 5) is 20.2. The number of carbonyl (C=O) groups excluding carboxylic acids is 1. The number of benzene rings is 2. The number of aromatic nitrogens is 2. The lowest BCUT2D eigenvalue weighted by atomic mass is 10.2. The molecule has 6 heteroatoms. The highest BCUT2D eigenvalue weighted by Gasteiger charge is 2.18. The van der Waals surface area contributed by atoms with Gasteiger partial charge in [-0.3, -0.25) is 0 Å². The van der Waals surface area contributed by atoms with Crippen LogP contribution < -0.4 is 10.6 Å². The van der Waals surface area contributed by atoms with Crippen molar-refractivity contribution in [3.63, 3.8) is 0 Å². The predicted octanol–water partition coefficient (Wildman–Crippen LogP) is 4.18. The van der Waals surface area contributed by atoms with Crippen LogP contribution >= 0.6 is 11.8 Å². The minimum Gasteiger partial charge on any atom is -0.340 e.